The van der Waals surface area contributed by atoms with Gasteiger partial charge in [0.2, 0.25) is 5.91 Å². The van der Waals surface area contributed by atoms with Gasteiger partial charge in [0.25, 0.3) is 0 Å². The highest BCUT2D eigenvalue weighted by Crippen LogP contribution is 2.12. The van der Waals surface area contributed by atoms with Crippen molar-refractivity contribution in [2.45, 2.75) is 25.9 Å². The molecule has 2 N–H and O–H groups in total. The van der Waals surface area contributed by atoms with E-state index in [-0.39, 0.29) is 17.8 Å². The zero-order valence-corrected chi connectivity index (χ0v) is 11.4. The van der Waals surface area contributed by atoms with Crippen molar-refractivity contribution in [1.82, 2.24) is 10.6 Å². The van der Waals surface area contributed by atoms with E-state index in [0.29, 0.717) is 18.7 Å². The summed E-state index contributed by atoms with van der Waals surface area (Å²) >= 11 is 0. The minimum atomic E-state index is -0.294. The molecule has 1 unspecified atom stereocenters. The molecule has 0 bridgehead atoms. The standard InChI is InChI=1S/C14H21FN2O2/c1-11(10-17-14(18)4-3-9-16-2)19-13-7-5-12(15)6-8-13/h5-8,11,16H,3-4,9-10H2,1-2H3,(H,17,18). The Morgan fingerprint density at radius 1 is 1.37 bits per heavy atom. The van der Waals surface area contributed by atoms with Crippen LogP contribution >= 0.6 is 0 Å². The number of hydrogen-bond acceptors (Lipinski definition) is 3. The third-order valence-electron chi connectivity index (χ3n) is 2.57. The van der Waals surface area contributed by atoms with E-state index < -0.39 is 0 Å². The average Bonchev–Trinajstić information content (AvgIpc) is 2.39. The zero-order chi connectivity index (χ0) is 14.1. The number of amides is 1. The number of ether oxygens (including phenoxy) is 1. The van der Waals surface area contributed by atoms with Crippen molar-refractivity contribution in [3.05, 3.63) is 30.1 Å². The van der Waals surface area contributed by atoms with Crippen LogP contribution in [0.4, 0.5) is 4.39 Å². The normalized spacial score (nSPS) is 11.9. The summed E-state index contributed by atoms with van der Waals surface area (Å²) in [5.74, 6) is 0.320. The van der Waals surface area contributed by atoms with Crippen LogP contribution in [0, 0.1) is 5.82 Å². The zero-order valence-electron chi connectivity index (χ0n) is 11.4. The average molecular weight is 268 g/mol. The third kappa shape index (κ3) is 6.76. The fraction of sp³-hybridized carbons (Fsp3) is 0.500. The minimum absolute atomic E-state index is 0.0183. The van der Waals surface area contributed by atoms with E-state index in [2.05, 4.69) is 10.6 Å². The fourth-order valence-electron chi connectivity index (χ4n) is 1.56. The minimum Gasteiger partial charge on any atom is -0.489 e. The van der Waals surface area contributed by atoms with Crippen LogP contribution in [0.3, 0.4) is 0 Å². The first-order valence-electron chi connectivity index (χ1n) is 6.45. The summed E-state index contributed by atoms with van der Waals surface area (Å²) in [6.07, 6.45) is 1.17. The maximum atomic E-state index is 12.7. The highest BCUT2D eigenvalue weighted by Gasteiger charge is 2.07. The van der Waals surface area contributed by atoms with E-state index in [1.54, 1.807) is 12.1 Å². The van der Waals surface area contributed by atoms with Gasteiger partial charge in [0.15, 0.2) is 0 Å². The Hall–Kier alpha value is -1.62. The van der Waals surface area contributed by atoms with Gasteiger partial charge in [-0.25, -0.2) is 4.39 Å². The van der Waals surface area contributed by atoms with Crippen LogP contribution in [0.5, 0.6) is 5.75 Å². The summed E-state index contributed by atoms with van der Waals surface area (Å²) in [5.41, 5.74) is 0. The molecular formula is C14H21FN2O2. The predicted octanol–water partition coefficient (Wildman–Crippen LogP) is 1.71. The van der Waals surface area contributed by atoms with Crippen molar-refractivity contribution in [1.29, 1.82) is 0 Å². The van der Waals surface area contributed by atoms with E-state index >= 15 is 0 Å². The van der Waals surface area contributed by atoms with Crippen LogP contribution in [-0.4, -0.2) is 32.1 Å². The number of rotatable bonds is 8. The van der Waals surface area contributed by atoms with Crippen LogP contribution in [0.1, 0.15) is 19.8 Å². The lowest BCUT2D eigenvalue weighted by atomic mass is 10.3. The van der Waals surface area contributed by atoms with Gasteiger partial charge < -0.3 is 15.4 Å². The Labute approximate surface area is 113 Å². The molecule has 0 radical (unpaired) electrons. The molecule has 19 heavy (non-hydrogen) atoms. The molecule has 0 heterocycles. The van der Waals surface area contributed by atoms with Gasteiger partial charge in [0.1, 0.15) is 17.7 Å². The molecule has 0 fully saturated rings. The molecule has 0 spiro atoms. The molecule has 1 aromatic rings. The summed E-state index contributed by atoms with van der Waals surface area (Å²) in [5, 5.41) is 5.80. The quantitative estimate of drug-likeness (QED) is 0.706. The summed E-state index contributed by atoms with van der Waals surface area (Å²) in [4.78, 5) is 11.5. The van der Waals surface area contributed by atoms with Gasteiger partial charge in [-0.3, -0.25) is 4.79 Å². The lowest BCUT2D eigenvalue weighted by Crippen LogP contribution is -2.33. The lowest BCUT2D eigenvalue weighted by Gasteiger charge is -2.15. The van der Waals surface area contributed by atoms with Crippen molar-refractivity contribution < 1.29 is 13.9 Å². The van der Waals surface area contributed by atoms with Crippen molar-refractivity contribution in [3.63, 3.8) is 0 Å². The monoisotopic (exact) mass is 268 g/mol. The third-order valence-corrected chi connectivity index (χ3v) is 2.57. The van der Waals surface area contributed by atoms with Gasteiger partial charge in [-0.05, 0) is 51.2 Å². The molecule has 0 saturated heterocycles. The second-order valence-corrected chi connectivity index (χ2v) is 4.39. The number of hydrogen-bond donors (Lipinski definition) is 2. The van der Waals surface area contributed by atoms with Gasteiger partial charge in [0.05, 0.1) is 6.54 Å². The topological polar surface area (TPSA) is 50.4 Å². The summed E-state index contributed by atoms with van der Waals surface area (Å²) in [7, 11) is 1.86. The SMILES string of the molecule is CNCCCC(=O)NCC(C)Oc1ccc(F)cc1. The molecule has 0 saturated carbocycles. The highest BCUT2D eigenvalue weighted by molar-refractivity contribution is 5.75. The van der Waals surface area contributed by atoms with Crippen LogP contribution < -0.4 is 15.4 Å². The van der Waals surface area contributed by atoms with Crippen molar-refractivity contribution in [3.8, 4) is 5.75 Å². The molecule has 0 aromatic heterocycles. The molecule has 1 atom stereocenters. The first-order valence-corrected chi connectivity index (χ1v) is 6.45. The smallest absolute Gasteiger partial charge is 0.220 e. The van der Waals surface area contributed by atoms with E-state index in [9.17, 15) is 9.18 Å². The fourth-order valence-corrected chi connectivity index (χ4v) is 1.56. The number of nitrogens with one attached hydrogen (secondary N) is 2. The first kappa shape index (κ1) is 15.4. The molecule has 0 aliphatic rings. The van der Waals surface area contributed by atoms with E-state index in [1.165, 1.54) is 12.1 Å². The second-order valence-electron chi connectivity index (χ2n) is 4.39. The van der Waals surface area contributed by atoms with Crippen LogP contribution in [0.25, 0.3) is 0 Å². The molecule has 1 amide bonds. The lowest BCUT2D eigenvalue weighted by molar-refractivity contribution is -0.121. The Bertz CT molecular complexity index is 382. The van der Waals surface area contributed by atoms with Gasteiger partial charge in [-0.1, -0.05) is 0 Å². The van der Waals surface area contributed by atoms with Crippen molar-refractivity contribution in [2.24, 2.45) is 0 Å². The second kappa shape index (κ2) is 8.48. The Morgan fingerprint density at radius 3 is 2.68 bits per heavy atom. The summed E-state index contributed by atoms with van der Waals surface area (Å²) < 4.78 is 18.3. The van der Waals surface area contributed by atoms with Crippen molar-refractivity contribution in [2.75, 3.05) is 20.1 Å². The van der Waals surface area contributed by atoms with Crippen LogP contribution in [0.15, 0.2) is 24.3 Å². The van der Waals surface area contributed by atoms with Gasteiger partial charge >= 0.3 is 0 Å². The Morgan fingerprint density at radius 2 is 2.05 bits per heavy atom. The van der Waals surface area contributed by atoms with E-state index in [0.717, 1.165) is 13.0 Å². The maximum Gasteiger partial charge on any atom is 0.220 e. The summed E-state index contributed by atoms with van der Waals surface area (Å²) in [6, 6.07) is 5.83. The number of benzene rings is 1. The molecule has 0 aliphatic heterocycles. The molecule has 4 nitrogen and oxygen atoms in total. The van der Waals surface area contributed by atoms with Gasteiger partial charge in [0, 0.05) is 6.42 Å². The maximum absolute atomic E-state index is 12.7. The van der Waals surface area contributed by atoms with Crippen LogP contribution in [-0.2, 0) is 4.79 Å². The largest absolute Gasteiger partial charge is 0.489 e. The predicted molar refractivity (Wildman–Crippen MR) is 72.7 cm³/mol. The summed E-state index contributed by atoms with van der Waals surface area (Å²) in [6.45, 7) is 3.13. The van der Waals surface area contributed by atoms with Crippen LogP contribution in [0.2, 0.25) is 0 Å². The number of carbonyl (C=O) groups excluding carboxylic acids is 1. The van der Waals surface area contributed by atoms with Crippen molar-refractivity contribution >= 4 is 5.91 Å². The molecule has 106 valence electrons. The Kier molecular flexibility index (Phi) is 6.89. The van der Waals surface area contributed by atoms with E-state index in [1.807, 2.05) is 14.0 Å². The number of halogens is 1. The van der Waals surface area contributed by atoms with E-state index in [4.69, 9.17) is 4.74 Å². The molecular weight excluding hydrogens is 247 g/mol. The molecule has 1 aromatic carbocycles. The molecule has 1 rings (SSSR count). The highest BCUT2D eigenvalue weighted by atomic mass is 19.1. The first-order chi connectivity index (χ1) is 9.11. The number of carbonyl (C=O) groups is 1. The molecule has 5 heteroatoms. The van der Waals surface area contributed by atoms with Gasteiger partial charge in [-0.2, -0.15) is 0 Å². The molecule has 0 aliphatic carbocycles. The Balaban J connectivity index is 2.22. The van der Waals surface area contributed by atoms with Gasteiger partial charge in [-0.15, -0.1) is 0 Å².